The SMILES string of the molecule is OC=C(Cl)c1ccco1. The zero-order chi connectivity index (χ0) is 6.69. The molecule has 1 rings (SSSR count). The summed E-state index contributed by atoms with van der Waals surface area (Å²) in [6.07, 6.45) is 2.28. The molecule has 0 fully saturated rings. The largest absolute Gasteiger partial charge is 0.514 e. The zero-order valence-electron chi connectivity index (χ0n) is 4.54. The molecule has 3 heteroatoms. The molecule has 1 aromatic heterocycles. The molecular weight excluding hydrogens is 140 g/mol. The molecule has 0 saturated carbocycles. The van der Waals surface area contributed by atoms with Gasteiger partial charge in [0, 0.05) is 0 Å². The molecule has 48 valence electrons. The van der Waals surface area contributed by atoms with Gasteiger partial charge in [0.15, 0.2) is 0 Å². The van der Waals surface area contributed by atoms with Gasteiger partial charge >= 0.3 is 0 Å². The molecule has 0 unspecified atom stereocenters. The zero-order valence-corrected chi connectivity index (χ0v) is 5.30. The summed E-state index contributed by atoms with van der Waals surface area (Å²) >= 11 is 5.45. The summed E-state index contributed by atoms with van der Waals surface area (Å²) in [5, 5.41) is 8.56. The summed E-state index contributed by atoms with van der Waals surface area (Å²) in [7, 11) is 0. The average molecular weight is 145 g/mol. The first-order chi connectivity index (χ1) is 4.34. The Bertz CT molecular complexity index is 201. The lowest BCUT2D eigenvalue weighted by atomic mass is 10.4. The van der Waals surface area contributed by atoms with E-state index in [2.05, 4.69) is 0 Å². The topological polar surface area (TPSA) is 33.4 Å². The van der Waals surface area contributed by atoms with Crippen LogP contribution in [0.25, 0.3) is 5.03 Å². The van der Waals surface area contributed by atoms with E-state index in [1.54, 1.807) is 12.1 Å². The van der Waals surface area contributed by atoms with Crippen LogP contribution < -0.4 is 0 Å². The van der Waals surface area contributed by atoms with Crippen molar-refractivity contribution in [2.75, 3.05) is 0 Å². The van der Waals surface area contributed by atoms with E-state index >= 15 is 0 Å². The van der Waals surface area contributed by atoms with Crippen LogP contribution in [0.4, 0.5) is 0 Å². The van der Waals surface area contributed by atoms with Crippen molar-refractivity contribution >= 4 is 16.6 Å². The molecule has 0 saturated heterocycles. The fraction of sp³-hybridized carbons (Fsp3) is 0. The van der Waals surface area contributed by atoms with E-state index in [9.17, 15) is 0 Å². The molecule has 9 heavy (non-hydrogen) atoms. The first-order valence-electron chi connectivity index (χ1n) is 2.38. The van der Waals surface area contributed by atoms with E-state index in [-0.39, 0.29) is 5.03 Å². The van der Waals surface area contributed by atoms with Gasteiger partial charge in [-0.3, -0.25) is 0 Å². The van der Waals surface area contributed by atoms with Gasteiger partial charge < -0.3 is 9.52 Å². The Morgan fingerprint density at radius 3 is 3.00 bits per heavy atom. The van der Waals surface area contributed by atoms with Crippen LogP contribution in [0, 0.1) is 0 Å². The van der Waals surface area contributed by atoms with Gasteiger partial charge in [0.05, 0.1) is 6.26 Å². The molecule has 2 nitrogen and oxygen atoms in total. The Balaban J connectivity index is 2.90. The maximum atomic E-state index is 8.35. The number of aliphatic hydroxyl groups excluding tert-OH is 1. The molecule has 0 aromatic carbocycles. The van der Waals surface area contributed by atoms with Crippen LogP contribution in [0.1, 0.15) is 5.76 Å². The van der Waals surface area contributed by atoms with E-state index in [0.29, 0.717) is 5.76 Å². The molecule has 1 aromatic rings. The smallest absolute Gasteiger partial charge is 0.148 e. The summed E-state index contributed by atoms with van der Waals surface area (Å²) in [5.41, 5.74) is 0. The maximum absolute atomic E-state index is 8.35. The minimum absolute atomic E-state index is 0.208. The first-order valence-corrected chi connectivity index (χ1v) is 2.76. The Morgan fingerprint density at radius 2 is 2.56 bits per heavy atom. The third-order valence-electron chi connectivity index (χ3n) is 0.870. The van der Waals surface area contributed by atoms with Crippen molar-refractivity contribution in [3.8, 4) is 0 Å². The minimum Gasteiger partial charge on any atom is -0.514 e. The van der Waals surface area contributed by atoms with Crippen molar-refractivity contribution in [2.45, 2.75) is 0 Å². The molecule has 0 radical (unpaired) electrons. The lowest BCUT2D eigenvalue weighted by Crippen LogP contribution is -1.67. The van der Waals surface area contributed by atoms with Gasteiger partial charge in [-0.15, -0.1) is 0 Å². The van der Waals surface area contributed by atoms with E-state index in [4.69, 9.17) is 21.1 Å². The van der Waals surface area contributed by atoms with Crippen LogP contribution >= 0.6 is 11.6 Å². The lowest BCUT2D eigenvalue weighted by Gasteiger charge is -1.86. The predicted molar refractivity (Wildman–Crippen MR) is 35.2 cm³/mol. The van der Waals surface area contributed by atoms with Crippen LogP contribution in [0.3, 0.4) is 0 Å². The highest BCUT2D eigenvalue weighted by Crippen LogP contribution is 2.17. The second-order valence-corrected chi connectivity index (χ2v) is 1.86. The Kier molecular flexibility index (Phi) is 1.80. The molecule has 1 N–H and O–H groups in total. The second-order valence-electron chi connectivity index (χ2n) is 1.45. The predicted octanol–water partition coefficient (Wildman–Crippen LogP) is 2.37. The number of furan rings is 1. The fourth-order valence-corrected chi connectivity index (χ4v) is 0.586. The van der Waals surface area contributed by atoms with E-state index < -0.39 is 0 Å². The summed E-state index contributed by atoms with van der Waals surface area (Å²) in [4.78, 5) is 0. The molecule has 0 aliphatic carbocycles. The van der Waals surface area contributed by atoms with Gasteiger partial charge in [-0.25, -0.2) is 0 Å². The highest BCUT2D eigenvalue weighted by molar-refractivity contribution is 6.48. The Labute approximate surface area is 57.4 Å². The summed E-state index contributed by atoms with van der Waals surface area (Å²) in [5.74, 6) is 0.471. The standard InChI is InChI=1S/C6H5ClO2/c7-5(4-8)6-2-1-3-9-6/h1-4,8H. The van der Waals surface area contributed by atoms with Crippen molar-refractivity contribution < 1.29 is 9.52 Å². The van der Waals surface area contributed by atoms with Crippen molar-refractivity contribution in [1.82, 2.24) is 0 Å². The molecule has 1 heterocycles. The average Bonchev–Trinajstić information content (AvgIpc) is 2.37. The number of rotatable bonds is 1. The van der Waals surface area contributed by atoms with Crippen LogP contribution in [-0.4, -0.2) is 5.11 Å². The number of aliphatic hydroxyl groups is 1. The van der Waals surface area contributed by atoms with Crippen LogP contribution in [0.5, 0.6) is 0 Å². The van der Waals surface area contributed by atoms with Gasteiger partial charge in [0.1, 0.15) is 17.1 Å². The van der Waals surface area contributed by atoms with Gasteiger partial charge in [-0.05, 0) is 12.1 Å². The Hall–Kier alpha value is -0.890. The van der Waals surface area contributed by atoms with Gasteiger partial charge in [-0.2, -0.15) is 0 Å². The number of hydrogen-bond acceptors (Lipinski definition) is 2. The Morgan fingerprint density at radius 1 is 1.78 bits per heavy atom. The summed E-state index contributed by atoms with van der Waals surface area (Å²) in [6.45, 7) is 0. The van der Waals surface area contributed by atoms with E-state index in [1.165, 1.54) is 6.26 Å². The third kappa shape index (κ3) is 1.27. The molecule has 0 bridgehead atoms. The highest BCUT2D eigenvalue weighted by Gasteiger charge is 1.97. The van der Waals surface area contributed by atoms with Crippen molar-refractivity contribution in [1.29, 1.82) is 0 Å². The molecular formula is C6H5ClO2. The van der Waals surface area contributed by atoms with Crippen LogP contribution in [0.2, 0.25) is 0 Å². The number of halogens is 1. The van der Waals surface area contributed by atoms with Gasteiger partial charge in [-0.1, -0.05) is 11.6 Å². The number of hydrogen-bond donors (Lipinski definition) is 1. The third-order valence-corrected chi connectivity index (χ3v) is 1.15. The van der Waals surface area contributed by atoms with E-state index in [1.807, 2.05) is 0 Å². The molecule has 0 spiro atoms. The first kappa shape index (κ1) is 6.23. The van der Waals surface area contributed by atoms with Gasteiger partial charge in [0.25, 0.3) is 0 Å². The van der Waals surface area contributed by atoms with E-state index in [0.717, 1.165) is 6.26 Å². The highest BCUT2D eigenvalue weighted by atomic mass is 35.5. The maximum Gasteiger partial charge on any atom is 0.148 e. The van der Waals surface area contributed by atoms with Gasteiger partial charge in [0.2, 0.25) is 0 Å². The molecule has 0 aliphatic rings. The summed E-state index contributed by atoms with van der Waals surface area (Å²) in [6, 6.07) is 3.36. The molecule has 0 aliphatic heterocycles. The molecule has 0 atom stereocenters. The van der Waals surface area contributed by atoms with Crippen molar-refractivity contribution in [3.05, 3.63) is 30.4 Å². The fourth-order valence-electron chi connectivity index (χ4n) is 0.478. The quantitative estimate of drug-likeness (QED) is 0.614. The second kappa shape index (κ2) is 2.60. The van der Waals surface area contributed by atoms with Crippen molar-refractivity contribution in [2.24, 2.45) is 0 Å². The van der Waals surface area contributed by atoms with Crippen molar-refractivity contribution in [3.63, 3.8) is 0 Å². The van der Waals surface area contributed by atoms with Crippen LogP contribution in [-0.2, 0) is 0 Å². The monoisotopic (exact) mass is 144 g/mol. The lowest BCUT2D eigenvalue weighted by molar-refractivity contribution is 0.473. The summed E-state index contributed by atoms with van der Waals surface area (Å²) < 4.78 is 4.83. The molecule has 0 amide bonds. The van der Waals surface area contributed by atoms with Crippen LogP contribution in [0.15, 0.2) is 29.1 Å². The minimum atomic E-state index is 0.208. The normalized spacial score (nSPS) is 11.9.